The maximum absolute atomic E-state index is 12.1. The lowest BCUT2D eigenvalue weighted by Crippen LogP contribution is -2.33. The van der Waals surface area contributed by atoms with Crippen LogP contribution in [0.15, 0.2) is 12.1 Å². The van der Waals surface area contributed by atoms with Gasteiger partial charge in [-0.25, -0.2) is 4.79 Å². The lowest BCUT2D eigenvalue weighted by atomic mass is 10.1. The molecular formula is C13H13ClN2O5. The normalized spacial score (nSPS) is 19.7. The Kier molecular flexibility index (Phi) is 3.50. The van der Waals surface area contributed by atoms with Gasteiger partial charge in [-0.2, -0.15) is 0 Å². The maximum Gasteiger partial charge on any atom is 0.321 e. The Morgan fingerprint density at radius 3 is 2.71 bits per heavy atom. The van der Waals surface area contributed by atoms with E-state index in [1.54, 1.807) is 12.1 Å². The number of ether oxygens (including phenoxy) is 2. The quantitative estimate of drug-likeness (QED) is 0.872. The van der Waals surface area contributed by atoms with E-state index in [0.717, 1.165) is 0 Å². The van der Waals surface area contributed by atoms with E-state index in [4.69, 9.17) is 26.2 Å². The number of amides is 2. The van der Waals surface area contributed by atoms with E-state index in [-0.39, 0.29) is 19.4 Å². The van der Waals surface area contributed by atoms with E-state index in [2.05, 4.69) is 5.32 Å². The monoisotopic (exact) mass is 312 g/mol. The number of carbonyl (C=O) groups excluding carboxylic acids is 1. The van der Waals surface area contributed by atoms with Crippen molar-refractivity contribution in [2.45, 2.75) is 6.42 Å². The molecule has 112 valence electrons. The number of hydrogen-bond acceptors (Lipinski definition) is 4. The fraction of sp³-hybridized carbons (Fsp3) is 0.385. The number of aliphatic carboxylic acids is 1. The molecule has 2 amide bonds. The van der Waals surface area contributed by atoms with Crippen molar-refractivity contribution in [2.24, 2.45) is 5.92 Å². The molecule has 0 aromatic heterocycles. The van der Waals surface area contributed by atoms with E-state index >= 15 is 0 Å². The molecule has 0 saturated carbocycles. The molecule has 2 aliphatic heterocycles. The van der Waals surface area contributed by atoms with Crippen molar-refractivity contribution in [1.29, 1.82) is 0 Å². The second kappa shape index (κ2) is 5.33. The second-order valence-electron chi connectivity index (χ2n) is 4.89. The second-order valence-corrected chi connectivity index (χ2v) is 5.29. The standard InChI is InChI=1S/C13H13ClN2O5/c14-8-3-10-11(21-6-20-10)4-9(8)15-13(19)16-2-1-7(5-16)12(17)18/h3-4,7H,1-2,5-6H2,(H,15,19)(H,17,18). The van der Waals surface area contributed by atoms with Crippen LogP contribution in [0.3, 0.4) is 0 Å². The average molecular weight is 313 g/mol. The van der Waals surface area contributed by atoms with E-state index in [1.807, 2.05) is 0 Å². The molecule has 1 atom stereocenters. The Morgan fingerprint density at radius 1 is 1.33 bits per heavy atom. The van der Waals surface area contributed by atoms with Crippen molar-refractivity contribution in [2.75, 3.05) is 25.2 Å². The largest absolute Gasteiger partial charge is 0.481 e. The van der Waals surface area contributed by atoms with Gasteiger partial charge in [0.05, 0.1) is 16.6 Å². The number of carbonyl (C=O) groups is 2. The fourth-order valence-electron chi connectivity index (χ4n) is 2.35. The molecular weight excluding hydrogens is 300 g/mol. The number of urea groups is 1. The molecule has 0 aliphatic carbocycles. The molecule has 21 heavy (non-hydrogen) atoms. The smallest absolute Gasteiger partial charge is 0.321 e. The van der Waals surface area contributed by atoms with Crippen LogP contribution >= 0.6 is 11.6 Å². The molecule has 1 saturated heterocycles. The summed E-state index contributed by atoms with van der Waals surface area (Å²) in [4.78, 5) is 24.5. The number of anilines is 1. The third-order valence-corrected chi connectivity index (χ3v) is 3.84. The van der Waals surface area contributed by atoms with E-state index < -0.39 is 11.9 Å². The van der Waals surface area contributed by atoms with Crippen LogP contribution in [0.25, 0.3) is 0 Å². The predicted octanol–water partition coefficient (Wildman–Crippen LogP) is 2.01. The van der Waals surface area contributed by atoms with E-state index in [0.29, 0.717) is 35.2 Å². The van der Waals surface area contributed by atoms with Crippen LogP contribution < -0.4 is 14.8 Å². The Morgan fingerprint density at radius 2 is 2.05 bits per heavy atom. The van der Waals surface area contributed by atoms with Crippen molar-refractivity contribution in [3.8, 4) is 11.5 Å². The van der Waals surface area contributed by atoms with Gasteiger partial charge in [0.15, 0.2) is 11.5 Å². The van der Waals surface area contributed by atoms with Gasteiger partial charge in [-0.3, -0.25) is 4.79 Å². The Balaban J connectivity index is 1.70. The van der Waals surface area contributed by atoms with E-state index in [9.17, 15) is 9.59 Å². The molecule has 2 heterocycles. The molecule has 0 bridgehead atoms. The molecule has 7 nitrogen and oxygen atoms in total. The average Bonchev–Trinajstić information content (AvgIpc) is 3.07. The van der Waals surface area contributed by atoms with E-state index in [1.165, 1.54) is 4.90 Å². The Hall–Kier alpha value is -2.15. The number of nitrogens with zero attached hydrogens (tertiary/aromatic N) is 1. The van der Waals surface area contributed by atoms with Gasteiger partial charge in [-0.15, -0.1) is 0 Å². The van der Waals surface area contributed by atoms with Crippen LogP contribution in [0.2, 0.25) is 5.02 Å². The van der Waals surface area contributed by atoms with Crippen LogP contribution in [0.5, 0.6) is 11.5 Å². The molecule has 1 fully saturated rings. The van der Waals surface area contributed by atoms with Gasteiger partial charge in [-0.1, -0.05) is 11.6 Å². The number of nitrogens with one attached hydrogen (secondary N) is 1. The molecule has 8 heteroatoms. The topological polar surface area (TPSA) is 88.1 Å². The van der Waals surface area contributed by atoms with Crippen LogP contribution in [-0.4, -0.2) is 41.9 Å². The maximum atomic E-state index is 12.1. The van der Waals surface area contributed by atoms with Gasteiger partial charge in [0.25, 0.3) is 0 Å². The predicted molar refractivity (Wildman–Crippen MR) is 73.9 cm³/mol. The first-order valence-corrected chi connectivity index (χ1v) is 6.80. The summed E-state index contributed by atoms with van der Waals surface area (Å²) in [7, 11) is 0. The Labute approximate surface area is 125 Å². The molecule has 1 unspecified atom stereocenters. The number of likely N-dealkylation sites (tertiary alicyclic amines) is 1. The first-order chi connectivity index (χ1) is 10.0. The van der Waals surface area contributed by atoms with Crippen molar-refractivity contribution in [1.82, 2.24) is 4.90 Å². The van der Waals surface area contributed by atoms with Crippen LogP contribution in [0.4, 0.5) is 10.5 Å². The molecule has 1 aromatic carbocycles. The van der Waals surface area contributed by atoms with Crippen molar-refractivity contribution < 1.29 is 24.2 Å². The minimum absolute atomic E-state index is 0.121. The minimum atomic E-state index is -0.883. The molecule has 2 aliphatic rings. The summed E-state index contributed by atoms with van der Waals surface area (Å²) >= 11 is 6.07. The molecule has 0 radical (unpaired) electrons. The SMILES string of the molecule is O=C(O)C1CCN(C(=O)Nc2cc3c(cc2Cl)OCO3)C1. The van der Waals surface area contributed by atoms with Crippen molar-refractivity contribution >= 4 is 29.3 Å². The van der Waals surface area contributed by atoms with Gasteiger partial charge < -0.3 is 24.8 Å². The number of rotatable bonds is 2. The molecule has 1 aromatic rings. The van der Waals surface area contributed by atoms with Gasteiger partial charge in [0.1, 0.15) is 0 Å². The van der Waals surface area contributed by atoms with Crippen LogP contribution in [-0.2, 0) is 4.79 Å². The first-order valence-electron chi connectivity index (χ1n) is 6.42. The third-order valence-electron chi connectivity index (χ3n) is 3.53. The number of carboxylic acid groups (broad SMARTS) is 1. The summed E-state index contributed by atoms with van der Waals surface area (Å²) in [6.07, 6.45) is 0.456. The minimum Gasteiger partial charge on any atom is -0.481 e. The zero-order chi connectivity index (χ0) is 15.0. The highest BCUT2D eigenvalue weighted by Gasteiger charge is 2.31. The van der Waals surface area contributed by atoms with Crippen molar-refractivity contribution in [3.63, 3.8) is 0 Å². The van der Waals surface area contributed by atoms with Gasteiger partial charge in [0, 0.05) is 25.2 Å². The lowest BCUT2D eigenvalue weighted by Gasteiger charge is -2.17. The summed E-state index contributed by atoms with van der Waals surface area (Å²) < 4.78 is 10.4. The third kappa shape index (κ3) is 2.69. The number of carboxylic acids is 1. The van der Waals surface area contributed by atoms with Crippen LogP contribution in [0, 0.1) is 5.92 Å². The number of halogens is 1. The zero-order valence-corrected chi connectivity index (χ0v) is 11.7. The van der Waals surface area contributed by atoms with Crippen molar-refractivity contribution in [3.05, 3.63) is 17.2 Å². The zero-order valence-electron chi connectivity index (χ0n) is 11.0. The summed E-state index contributed by atoms with van der Waals surface area (Å²) in [6, 6.07) is 2.79. The van der Waals surface area contributed by atoms with Gasteiger partial charge >= 0.3 is 12.0 Å². The lowest BCUT2D eigenvalue weighted by molar-refractivity contribution is -0.141. The summed E-state index contributed by atoms with van der Waals surface area (Å²) in [5, 5.41) is 11.9. The number of fused-ring (bicyclic) bond motifs is 1. The molecule has 3 rings (SSSR count). The summed E-state index contributed by atoms with van der Waals surface area (Å²) in [6.45, 7) is 0.726. The summed E-state index contributed by atoms with van der Waals surface area (Å²) in [5.74, 6) is -0.348. The number of benzene rings is 1. The first kappa shape index (κ1) is 13.8. The highest BCUT2D eigenvalue weighted by molar-refractivity contribution is 6.34. The summed E-state index contributed by atoms with van der Waals surface area (Å²) in [5.41, 5.74) is 0.407. The van der Waals surface area contributed by atoms with Crippen LogP contribution in [0.1, 0.15) is 6.42 Å². The molecule has 0 spiro atoms. The fourth-order valence-corrected chi connectivity index (χ4v) is 2.55. The Bertz CT molecular complexity index is 606. The number of hydrogen-bond donors (Lipinski definition) is 2. The van der Waals surface area contributed by atoms with Gasteiger partial charge in [-0.05, 0) is 6.42 Å². The highest BCUT2D eigenvalue weighted by atomic mass is 35.5. The molecule has 2 N–H and O–H groups in total. The van der Waals surface area contributed by atoms with Gasteiger partial charge in [0.2, 0.25) is 6.79 Å². The highest BCUT2D eigenvalue weighted by Crippen LogP contribution is 2.39.